The second-order valence-electron chi connectivity index (χ2n) is 5.39. The number of hydrogen-bond acceptors (Lipinski definition) is 4. The summed E-state index contributed by atoms with van der Waals surface area (Å²) in [6, 6.07) is 2.40. The van der Waals surface area contributed by atoms with Crippen LogP contribution in [0.25, 0.3) is 0 Å². The lowest BCUT2D eigenvalue weighted by Crippen LogP contribution is -2.38. The maximum atomic E-state index is 11.1. The minimum absolute atomic E-state index is 0.235. The molecule has 1 aromatic heterocycles. The molecule has 1 fully saturated rings. The van der Waals surface area contributed by atoms with Crippen molar-refractivity contribution in [3.63, 3.8) is 0 Å². The van der Waals surface area contributed by atoms with Gasteiger partial charge in [-0.1, -0.05) is 6.42 Å². The van der Waals surface area contributed by atoms with Crippen molar-refractivity contribution in [1.82, 2.24) is 9.88 Å². The Morgan fingerprint density at radius 1 is 1.55 bits per heavy atom. The summed E-state index contributed by atoms with van der Waals surface area (Å²) in [5.41, 5.74) is 0.887. The Kier molecular flexibility index (Phi) is 5.35. The molecule has 2 rings (SSSR count). The van der Waals surface area contributed by atoms with Gasteiger partial charge < -0.3 is 15.3 Å². The zero-order valence-corrected chi connectivity index (χ0v) is 12.0. The quantitative estimate of drug-likeness (QED) is 0.782. The second kappa shape index (κ2) is 7.24. The van der Waals surface area contributed by atoms with Crippen LogP contribution in [0.4, 0.5) is 5.69 Å². The third kappa shape index (κ3) is 3.93. The van der Waals surface area contributed by atoms with Crippen molar-refractivity contribution in [2.75, 3.05) is 25.0 Å². The van der Waals surface area contributed by atoms with Crippen LogP contribution in [-0.2, 0) is 0 Å². The fourth-order valence-corrected chi connectivity index (χ4v) is 2.71. The summed E-state index contributed by atoms with van der Waals surface area (Å²) < 4.78 is 0. The molecule has 1 aromatic rings. The van der Waals surface area contributed by atoms with Crippen LogP contribution in [0.3, 0.4) is 0 Å². The van der Waals surface area contributed by atoms with Crippen molar-refractivity contribution in [3.05, 3.63) is 24.0 Å². The van der Waals surface area contributed by atoms with Crippen LogP contribution in [0.1, 0.15) is 43.0 Å². The van der Waals surface area contributed by atoms with Gasteiger partial charge in [0.25, 0.3) is 0 Å². The molecule has 1 aliphatic rings. The van der Waals surface area contributed by atoms with Gasteiger partial charge in [0.2, 0.25) is 0 Å². The van der Waals surface area contributed by atoms with Gasteiger partial charge in [0.15, 0.2) is 0 Å². The minimum atomic E-state index is -0.940. The number of pyridine rings is 1. The van der Waals surface area contributed by atoms with Crippen molar-refractivity contribution < 1.29 is 9.90 Å². The Morgan fingerprint density at radius 3 is 3.15 bits per heavy atom. The van der Waals surface area contributed by atoms with E-state index >= 15 is 0 Å². The van der Waals surface area contributed by atoms with Gasteiger partial charge in [-0.3, -0.25) is 4.98 Å². The van der Waals surface area contributed by atoms with E-state index in [1.165, 1.54) is 32.0 Å². The highest BCUT2D eigenvalue weighted by Gasteiger charge is 2.17. The third-order valence-corrected chi connectivity index (χ3v) is 3.93. The fourth-order valence-electron chi connectivity index (χ4n) is 2.71. The summed E-state index contributed by atoms with van der Waals surface area (Å²) >= 11 is 0. The lowest BCUT2D eigenvalue weighted by molar-refractivity contribution is 0.0697. The summed E-state index contributed by atoms with van der Waals surface area (Å²) in [5.74, 6) is -0.940. The van der Waals surface area contributed by atoms with Crippen LogP contribution in [0, 0.1) is 0 Å². The van der Waals surface area contributed by atoms with E-state index < -0.39 is 5.97 Å². The van der Waals surface area contributed by atoms with Crippen molar-refractivity contribution in [3.8, 4) is 0 Å². The van der Waals surface area contributed by atoms with E-state index in [2.05, 4.69) is 22.1 Å². The predicted molar refractivity (Wildman–Crippen MR) is 79.2 cm³/mol. The van der Waals surface area contributed by atoms with Gasteiger partial charge >= 0.3 is 5.97 Å². The van der Waals surface area contributed by atoms with E-state index in [4.69, 9.17) is 5.11 Å². The van der Waals surface area contributed by atoms with Gasteiger partial charge in [0.1, 0.15) is 5.56 Å². The summed E-state index contributed by atoms with van der Waals surface area (Å²) in [6.07, 6.45) is 7.95. The Morgan fingerprint density at radius 2 is 2.40 bits per heavy atom. The lowest BCUT2D eigenvalue weighted by Gasteiger charge is -2.33. The SMILES string of the molecule is CC1CCCCN1CCCNc1ccncc1C(=O)O. The molecule has 20 heavy (non-hydrogen) atoms. The number of piperidine rings is 1. The molecule has 0 radical (unpaired) electrons. The van der Waals surface area contributed by atoms with Crippen LogP contribution in [0.2, 0.25) is 0 Å². The first-order chi connectivity index (χ1) is 9.68. The zero-order chi connectivity index (χ0) is 14.4. The molecule has 1 aliphatic heterocycles. The molecule has 1 saturated heterocycles. The molecule has 2 heterocycles. The Bertz CT molecular complexity index is 450. The molecular weight excluding hydrogens is 254 g/mol. The van der Waals surface area contributed by atoms with Crippen LogP contribution >= 0.6 is 0 Å². The predicted octanol–water partition coefficient (Wildman–Crippen LogP) is 2.46. The number of nitrogens with zero attached hydrogens (tertiary/aromatic N) is 2. The van der Waals surface area contributed by atoms with E-state index in [0.717, 1.165) is 19.5 Å². The molecule has 1 unspecified atom stereocenters. The first-order valence-corrected chi connectivity index (χ1v) is 7.33. The number of likely N-dealkylation sites (tertiary alicyclic amines) is 1. The average molecular weight is 277 g/mol. The highest BCUT2D eigenvalue weighted by molar-refractivity contribution is 5.93. The van der Waals surface area contributed by atoms with Crippen molar-refractivity contribution >= 4 is 11.7 Å². The molecule has 0 spiro atoms. The molecule has 0 aliphatic carbocycles. The average Bonchev–Trinajstić information content (AvgIpc) is 2.45. The van der Waals surface area contributed by atoms with Crippen LogP contribution in [-0.4, -0.2) is 46.6 Å². The number of rotatable bonds is 6. The highest BCUT2D eigenvalue weighted by Crippen LogP contribution is 2.17. The fraction of sp³-hybridized carbons (Fsp3) is 0.600. The Balaban J connectivity index is 1.77. The third-order valence-electron chi connectivity index (χ3n) is 3.93. The van der Waals surface area contributed by atoms with E-state index in [9.17, 15) is 4.79 Å². The number of anilines is 1. The summed E-state index contributed by atoms with van der Waals surface area (Å²) in [5, 5.41) is 12.3. The number of aromatic nitrogens is 1. The molecule has 0 saturated carbocycles. The standard InChI is InChI=1S/C15H23N3O2/c1-12-5-2-3-9-18(12)10-4-7-17-14-6-8-16-11-13(14)15(19)20/h6,8,11-12H,2-5,7,9-10H2,1H3,(H,16,17)(H,19,20). The normalized spacial score (nSPS) is 19.8. The molecule has 1 atom stereocenters. The molecule has 5 nitrogen and oxygen atoms in total. The number of aromatic carboxylic acids is 1. The van der Waals surface area contributed by atoms with Gasteiger partial charge in [0, 0.05) is 31.5 Å². The maximum Gasteiger partial charge on any atom is 0.339 e. The molecule has 2 N–H and O–H groups in total. The molecular formula is C15H23N3O2. The first-order valence-electron chi connectivity index (χ1n) is 7.33. The number of hydrogen-bond donors (Lipinski definition) is 2. The topological polar surface area (TPSA) is 65.5 Å². The maximum absolute atomic E-state index is 11.1. The van der Waals surface area contributed by atoms with E-state index in [-0.39, 0.29) is 5.56 Å². The number of carboxylic acids is 1. The van der Waals surface area contributed by atoms with Crippen LogP contribution < -0.4 is 5.32 Å². The van der Waals surface area contributed by atoms with Gasteiger partial charge in [-0.15, -0.1) is 0 Å². The van der Waals surface area contributed by atoms with Gasteiger partial charge in [-0.05, 0) is 38.8 Å². The summed E-state index contributed by atoms with van der Waals surface area (Å²) in [7, 11) is 0. The molecule has 0 bridgehead atoms. The van der Waals surface area contributed by atoms with Gasteiger partial charge in [-0.25, -0.2) is 4.79 Å². The van der Waals surface area contributed by atoms with E-state index in [1.54, 1.807) is 12.3 Å². The van der Waals surface area contributed by atoms with Gasteiger partial charge in [0.05, 0.1) is 5.69 Å². The monoisotopic (exact) mass is 277 g/mol. The summed E-state index contributed by atoms with van der Waals surface area (Å²) in [4.78, 5) is 17.4. The van der Waals surface area contributed by atoms with Crippen LogP contribution in [0.5, 0.6) is 0 Å². The van der Waals surface area contributed by atoms with E-state index in [1.807, 2.05) is 0 Å². The van der Waals surface area contributed by atoms with Crippen molar-refractivity contribution in [2.24, 2.45) is 0 Å². The molecule has 0 aromatic carbocycles. The molecule has 110 valence electrons. The lowest BCUT2D eigenvalue weighted by atomic mass is 10.0. The Hall–Kier alpha value is -1.62. The molecule has 0 amide bonds. The first kappa shape index (κ1) is 14.8. The van der Waals surface area contributed by atoms with Gasteiger partial charge in [-0.2, -0.15) is 0 Å². The second-order valence-corrected chi connectivity index (χ2v) is 5.39. The summed E-state index contributed by atoms with van der Waals surface area (Å²) in [6.45, 7) is 5.34. The van der Waals surface area contributed by atoms with Crippen molar-refractivity contribution in [2.45, 2.75) is 38.6 Å². The van der Waals surface area contributed by atoms with Crippen molar-refractivity contribution in [1.29, 1.82) is 0 Å². The highest BCUT2D eigenvalue weighted by atomic mass is 16.4. The number of nitrogens with one attached hydrogen (secondary N) is 1. The largest absolute Gasteiger partial charge is 0.478 e. The molecule has 5 heteroatoms. The van der Waals surface area contributed by atoms with E-state index in [0.29, 0.717) is 11.7 Å². The smallest absolute Gasteiger partial charge is 0.339 e. The zero-order valence-electron chi connectivity index (χ0n) is 12.0. The van der Waals surface area contributed by atoms with Crippen LogP contribution in [0.15, 0.2) is 18.5 Å². The Labute approximate surface area is 120 Å². The minimum Gasteiger partial charge on any atom is -0.478 e. The number of carboxylic acid groups (broad SMARTS) is 1. The number of carbonyl (C=O) groups is 1.